The molecule has 0 bridgehead atoms. The molecule has 6 rings (SSSR count). The van der Waals surface area contributed by atoms with Crippen LogP contribution in [0.2, 0.25) is 0 Å². The second-order valence-electron chi connectivity index (χ2n) is 10.4. The third-order valence-corrected chi connectivity index (χ3v) is 9.16. The van der Waals surface area contributed by atoms with Crippen molar-refractivity contribution in [3.05, 3.63) is 125 Å². The van der Waals surface area contributed by atoms with E-state index >= 15 is 0 Å². The van der Waals surface area contributed by atoms with Crippen LogP contribution < -0.4 is 0 Å². The van der Waals surface area contributed by atoms with E-state index in [0.717, 1.165) is 42.2 Å². The number of likely N-dealkylation sites (N-methyl/N-ethyl adjacent to an activating group) is 1. The van der Waals surface area contributed by atoms with Gasteiger partial charge in [-0.1, -0.05) is 104 Å². The van der Waals surface area contributed by atoms with Gasteiger partial charge in [0, 0.05) is 34.2 Å². The first kappa shape index (κ1) is 24.1. The van der Waals surface area contributed by atoms with E-state index in [2.05, 4.69) is 116 Å². The number of hydrogen-bond acceptors (Lipinski definition) is 3. The van der Waals surface area contributed by atoms with Gasteiger partial charge in [0.05, 0.1) is 11.4 Å². The van der Waals surface area contributed by atoms with Gasteiger partial charge in [0.2, 0.25) is 0 Å². The first-order chi connectivity index (χ1) is 18.1. The highest BCUT2D eigenvalue weighted by Gasteiger charge is 2.43. The Labute approximate surface area is 225 Å². The summed E-state index contributed by atoms with van der Waals surface area (Å²) in [6.07, 6.45) is 17.9. The van der Waals surface area contributed by atoms with Gasteiger partial charge < -0.3 is 4.90 Å². The van der Waals surface area contributed by atoms with Crippen molar-refractivity contribution in [3.8, 4) is 0 Å². The summed E-state index contributed by atoms with van der Waals surface area (Å²) in [5.41, 5.74) is 8.26. The molecule has 0 spiro atoms. The number of fused-ring (bicyclic) bond motifs is 3. The Balaban J connectivity index is 1.34. The second kappa shape index (κ2) is 10.2. The van der Waals surface area contributed by atoms with Crippen LogP contribution in [0, 0.1) is 11.8 Å². The Kier molecular flexibility index (Phi) is 6.65. The van der Waals surface area contributed by atoms with Crippen LogP contribution in [-0.2, 0) is 0 Å². The van der Waals surface area contributed by atoms with Crippen LogP contribution in [0.4, 0.5) is 5.69 Å². The first-order valence-corrected chi connectivity index (χ1v) is 14.3. The molecule has 2 nitrogen and oxygen atoms in total. The van der Waals surface area contributed by atoms with Crippen LogP contribution in [0.3, 0.4) is 0 Å². The van der Waals surface area contributed by atoms with Crippen molar-refractivity contribution in [3.63, 3.8) is 0 Å². The van der Waals surface area contributed by atoms with E-state index in [1.165, 1.54) is 32.9 Å². The predicted octanol–water partition coefficient (Wildman–Crippen LogP) is 8.86. The lowest BCUT2D eigenvalue weighted by Crippen LogP contribution is -2.26. The third kappa shape index (κ3) is 4.85. The molecule has 1 aliphatic heterocycles. The highest BCUT2D eigenvalue weighted by Crippen LogP contribution is 2.57. The van der Waals surface area contributed by atoms with Gasteiger partial charge in [-0.2, -0.15) is 0 Å². The quantitative estimate of drug-likeness (QED) is 0.376. The number of benzene rings is 2. The Hall–Kier alpha value is -3.30. The molecule has 0 N–H and O–H groups in total. The molecule has 4 aliphatic rings. The second-order valence-corrected chi connectivity index (χ2v) is 11.5. The van der Waals surface area contributed by atoms with Crippen LogP contribution in [0.5, 0.6) is 0 Å². The Morgan fingerprint density at radius 2 is 2.00 bits per heavy atom. The van der Waals surface area contributed by atoms with E-state index in [1.807, 2.05) is 11.8 Å². The summed E-state index contributed by atoms with van der Waals surface area (Å²) < 4.78 is 0. The average molecular weight is 503 g/mol. The topological polar surface area (TPSA) is 15.6 Å². The summed E-state index contributed by atoms with van der Waals surface area (Å²) in [4.78, 5) is 10.5. The standard InChI is InChI=1S/C34H34N2S/c1-4-36(22-23(2)25-12-10-7-11-13-25)24(3)27-17-19-32-31(21-27)35-33(26-14-8-5-6-9-15-26)29-18-16-28-20-30(28)34(29)37-32/h5-8,10-19,21,23,28,30H,3-4,9,20,22H2,1-2H3. The molecule has 3 aliphatic carbocycles. The van der Waals surface area contributed by atoms with Crippen molar-refractivity contribution in [1.29, 1.82) is 0 Å². The van der Waals surface area contributed by atoms with Crippen molar-refractivity contribution in [2.75, 3.05) is 13.1 Å². The van der Waals surface area contributed by atoms with Crippen LogP contribution in [-0.4, -0.2) is 23.7 Å². The van der Waals surface area contributed by atoms with E-state index in [-0.39, 0.29) is 0 Å². The third-order valence-electron chi connectivity index (χ3n) is 7.85. The predicted molar refractivity (Wildman–Crippen MR) is 159 cm³/mol. The molecule has 37 heavy (non-hydrogen) atoms. The van der Waals surface area contributed by atoms with Gasteiger partial charge in [-0.05, 0) is 66.4 Å². The van der Waals surface area contributed by atoms with Crippen molar-refractivity contribution >= 4 is 28.9 Å². The van der Waals surface area contributed by atoms with Gasteiger partial charge in [0.25, 0.3) is 0 Å². The zero-order valence-electron chi connectivity index (χ0n) is 21.7. The molecule has 2 aromatic rings. The molecule has 3 heteroatoms. The fourth-order valence-corrected chi connectivity index (χ4v) is 6.81. The maximum atomic E-state index is 5.36. The smallest absolute Gasteiger partial charge is 0.0787 e. The number of thioether (sulfide) groups is 1. The van der Waals surface area contributed by atoms with Crippen molar-refractivity contribution in [2.45, 2.75) is 37.5 Å². The summed E-state index contributed by atoms with van der Waals surface area (Å²) in [6, 6.07) is 17.5. The lowest BCUT2D eigenvalue weighted by atomic mass is 9.96. The van der Waals surface area contributed by atoms with Crippen molar-refractivity contribution < 1.29 is 0 Å². The average Bonchev–Trinajstić information content (AvgIpc) is 3.76. The van der Waals surface area contributed by atoms with Crippen LogP contribution in [0.1, 0.15) is 43.7 Å². The maximum absolute atomic E-state index is 5.36. The zero-order valence-corrected chi connectivity index (χ0v) is 22.5. The summed E-state index contributed by atoms with van der Waals surface area (Å²) >= 11 is 1.93. The van der Waals surface area contributed by atoms with Crippen LogP contribution in [0.15, 0.2) is 124 Å². The molecule has 3 unspecified atom stereocenters. The maximum Gasteiger partial charge on any atom is 0.0787 e. The summed E-state index contributed by atoms with van der Waals surface area (Å²) in [6.45, 7) is 10.9. The highest BCUT2D eigenvalue weighted by molar-refractivity contribution is 8.03. The van der Waals surface area contributed by atoms with Gasteiger partial charge in [-0.25, -0.2) is 4.99 Å². The highest BCUT2D eigenvalue weighted by atomic mass is 32.2. The van der Waals surface area contributed by atoms with E-state index in [9.17, 15) is 0 Å². The van der Waals surface area contributed by atoms with Crippen molar-refractivity contribution in [1.82, 2.24) is 4.90 Å². The minimum absolute atomic E-state index is 0.427. The number of hydrogen-bond donors (Lipinski definition) is 0. The zero-order chi connectivity index (χ0) is 25.4. The van der Waals surface area contributed by atoms with Gasteiger partial charge >= 0.3 is 0 Å². The number of rotatable bonds is 7. The van der Waals surface area contributed by atoms with Crippen molar-refractivity contribution in [2.24, 2.45) is 16.8 Å². The lowest BCUT2D eigenvalue weighted by Gasteiger charge is -2.29. The van der Waals surface area contributed by atoms with Gasteiger partial charge in [-0.3, -0.25) is 0 Å². The van der Waals surface area contributed by atoms with E-state index < -0.39 is 0 Å². The first-order valence-electron chi connectivity index (χ1n) is 13.5. The van der Waals surface area contributed by atoms with E-state index in [1.54, 1.807) is 0 Å². The van der Waals surface area contributed by atoms with Crippen LogP contribution in [0.25, 0.3) is 5.70 Å². The molecule has 0 aromatic heterocycles. The number of aliphatic imine (C=N–C) groups is 1. The summed E-state index contributed by atoms with van der Waals surface area (Å²) in [5.74, 6) is 1.79. The van der Waals surface area contributed by atoms with Gasteiger partial charge in [-0.15, -0.1) is 0 Å². The fourth-order valence-electron chi connectivity index (χ4n) is 5.53. The molecule has 0 saturated heterocycles. The Morgan fingerprint density at radius 1 is 1.14 bits per heavy atom. The molecule has 1 heterocycles. The van der Waals surface area contributed by atoms with E-state index in [0.29, 0.717) is 17.8 Å². The molecule has 1 saturated carbocycles. The normalized spacial score (nSPS) is 22.1. The molecule has 3 atom stereocenters. The molecule has 0 amide bonds. The van der Waals surface area contributed by atoms with Gasteiger partial charge in [0.1, 0.15) is 0 Å². The lowest BCUT2D eigenvalue weighted by molar-refractivity contribution is 0.393. The monoisotopic (exact) mass is 502 g/mol. The number of allylic oxidation sites excluding steroid dienone is 10. The molecular formula is C34H34N2S. The molecular weight excluding hydrogens is 468 g/mol. The molecule has 186 valence electrons. The molecule has 1 fully saturated rings. The Morgan fingerprint density at radius 3 is 2.84 bits per heavy atom. The fraction of sp³-hybridized carbons (Fsp3) is 0.265. The minimum Gasteiger partial charge on any atom is -0.371 e. The Bertz CT molecular complexity index is 1400. The summed E-state index contributed by atoms with van der Waals surface area (Å²) in [5, 5.41) is 0. The molecule has 0 radical (unpaired) electrons. The van der Waals surface area contributed by atoms with Gasteiger partial charge in [0.15, 0.2) is 0 Å². The largest absolute Gasteiger partial charge is 0.371 e. The SMILES string of the molecule is C=C(c1ccc2c(c1)N=C(C1=CCC=CC=C1)C1=C(S2)C2CC2C=C1)N(CC)CC(C)c1ccccc1. The van der Waals surface area contributed by atoms with Crippen LogP contribution >= 0.6 is 11.8 Å². The van der Waals surface area contributed by atoms with E-state index in [4.69, 9.17) is 4.99 Å². The minimum atomic E-state index is 0.427. The number of nitrogens with zero attached hydrogens (tertiary/aromatic N) is 2. The molecule has 2 aromatic carbocycles. The summed E-state index contributed by atoms with van der Waals surface area (Å²) in [7, 11) is 0.